The summed E-state index contributed by atoms with van der Waals surface area (Å²) in [5.74, 6) is 0.230. The highest BCUT2D eigenvalue weighted by molar-refractivity contribution is 5.83. The fourth-order valence-corrected chi connectivity index (χ4v) is 2.61. The Balaban J connectivity index is 1.85. The van der Waals surface area contributed by atoms with E-state index in [9.17, 15) is 4.79 Å². The van der Waals surface area contributed by atoms with Gasteiger partial charge in [0.1, 0.15) is 0 Å². The van der Waals surface area contributed by atoms with Crippen LogP contribution in [-0.2, 0) is 9.53 Å². The van der Waals surface area contributed by atoms with E-state index in [0.717, 1.165) is 19.3 Å². The summed E-state index contributed by atoms with van der Waals surface area (Å²) in [6.07, 6.45) is 8.40. The van der Waals surface area contributed by atoms with Crippen LogP contribution in [0.15, 0.2) is 0 Å². The van der Waals surface area contributed by atoms with Crippen molar-refractivity contribution in [2.24, 2.45) is 5.41 Å². The predicted molar refractivity (Wildman–Crippen MR) is 63.2 cm³/mol. The first kappa shape index (κ1) is 11.9. The monoisotopic (exact) mass is 225 g/mol. The predicted octanol–water partition coefficient (Wildman–Crippen LogP) is 2.25. The molecule has 1 saturated carbocycles. The highest BCUT2D eigenvalue weighted by Crippen LogP contribution is 2.32. The molecule has 0 unspecified atom stereocenters. The van der Waals surface area contributed by atoms with Crippen LogP contribution in [0.2, 0.25) is 0 Å². The van der Waals surface area contributed by atoms with Gasteiger partial charge >= 0.3 is 0 Å². The molecule has 1 aliphatic heterocycles. The maximum Gasteiger partial charge on any atom is 0.231 e. The van der Waals surface area contributed by atoms with Crippen molar-refractivity contribution < 1.29 is 9.53 Å². The number of carbonyl (C=O) groups excluding carboxylic acids is 1. The number of amides is 1. The van der Waals surface area contributed by atoms with Crippen LogP contribution < -0.4 is 5.32 Å². The molecule has 2 fully saturated rings. The molecular formula is C13H23NO2. The molecule has 0 aromatic heterocycles. The summed E-state index contributed by atoms with van der Waals surface area (Å²) in [5.41, 5.74) is -0.202. The Bertz CT molecular complexity index is 235. The zero-order chi connectivity index (χ0) is 11.4. The Kier molecular flexibility index (Phi) is 3.85. The SMILES string of the molecule is CCC1(C(=O)NC2CCCCCC2)COC1. The van der Waals surface area contributed by atoms with E-state index in [-0.39, 0.29) is 11.3 Å². The van der Waals surface area contributed by atoms with Crippen LogP contribution in [0.25, 0.3) is 0 Å². The minimum atomic E-state index is -0.202. The summed E-state index contributed by atoms with van der Waals surface area (Å²) in [7, 11) is 0. The van der Waals surface area contributed by atoms with Crippen molar-refractivity contribution in [2.45, 2.75) is 57.9 Å². The lowest BCUT2D eigenvalue weighted by molar-refractivity contribution is -0.163. The van der Waals surface area contributed by atoms with Gasteiger partial charge in [0.15, 0.2) is 0 Å². The Morgan fingerprint density at radius 3 is 2.31 bits per heavy atom. The van der Waals surface area contributed by atoms with Crippen LogP contribution in [-0.4, -0.2) is 25.2 Å². The second kappa shape index (κ2) is 5.17. The Labute approximate surface area is 97.9 Å². The summed E-state index contributed by atoms with van der Waals surface area (Å²) in [4.78, 5) is 12.2. The van der Waals surface area contributed by atoms with Crippen molar-refractivity contribution in [1.82, 2.24) is 5.32 Å². The summed E-state index contributed by atoms with van der Waals surface area (Å²) >= 11 is 0. The molecule has 1 heterocycles. The van der Waals surface area contributed by atoms with E-state index < -0.39 is 0 Å². The van der Waals surface area contributed by atoms with Crippen molar-refractivity contribution >= 4 is 5.91 Å². The van der Waals surface area contributed by atoms with Gasteiger partial charge < -0.3 is 10.1 Å². The highest BCUT2D eigenvalue weighted by Gasteiger charge is 2.44. The first-order valence-corrected chi connectivity index (χ1v) is 6.65. The minimum Gasteiger partial charge on any atom is -0.379 e. The van der Waals surface area contributed by atoms with Gasteiger partial charge in [-0.3, -0.25) is 4.79 Å². The number of ether oxygens (including phenoxy) is 1. The van der Waals surface area contributed by atoms with Gasteiger partial charge in [0, 0.05) is 6.04 Å². The van der Waals surface area contributed by atoms with Gasteiger partial charge in [0.05, 0.1) is 18.6 Å². The van der Waals surface area contributed by atoms with Crippen LogP contribution in [0.4, 0.5) is 0 Å². The lowest BCUT2D eigenvalue weighted by Gasteiger charge is -2.40. The van der Waals surface area contributed by atoms with Crippen molar-refractivity contribution in [1.29, 1.82) is 0 Å². The van der Waals surface area contributed by atoms with Gasteiger partial charge in [-0.05, 0) is 19.3 Å². The third-order valence-electron chi connectivity index (χ3n) is 4.11. The number of rotatable bonds is 3. The molecule has 1 amide bonds. The van der Waals surface area contributed by atoms with Crippen LogP contribution in [0.5, 0.6) is 0 Å². The number of carbonyl (C=O) groups is 1. The summed E-state index contributed by atoms with van der Waals surface area (Å²) in [5, 5.41) is 3.23. The van der Waals surface area contributed by atoms with Gasteiger partial charge in [0.25, 0.3) is 0 Å². The molecule has 2 aliphatic rings. The average Bonchev–Trinajstić information content (AvgIpc) is 2.45. The van der Waals surface area contributed by atoms with Crippen LogP contribution >= 0.6 is 0 Å². The quantitative estimate of drug-likeness (QED) is 0.748. The van der Waals surface area contributed by atoms with E-state index in [0.29, 0.717) is 19.3 Å². The zero-order valence-electron chi connectivity index (χ0n) is 10.3. The molecule has 0 atom stereocenters. The largest absolute Gasteiger partial charge is 0.379 e. The highest BCUT2D eigenvalue weighted by atomic mass is 16.5. The van der Waals surface area contributed by atoms with Gasteiger partial charge in [-0.15, -0.1) is 0 Å². The third-order valence-corrected chi connectivity index (χ3v) is 4.11. The number of hydrogen-bond donors (Lipinski definition) is 1. The smallest absolute Gasteiger partial charge is 0.231 e. The number of nitrogens with one attached hydrogen (secondary N) is 1. The van der Waals surface area contributed by atoms with Gasteiger partial charge in [0.2, 0.25) is 5.91 Å². The zero-order valence-corrected chi connectivity index (χ0v) is 10.3. The maximum absolute atomic E-state index is 12.2. The van der Waals surface area contributed by atoms with Crippen LogP contribution in [0.3, 0.4) is 0 Å². The van der Waals surface area contributed by atoms with Gasteiger partial charge in [-0.1, -0.05) is 32.6 Å². The molecular weight excluding hydrogens is 202 g/mol. The minimum absolute atomic E-state index is 0.202. The van der Waals surface area contributed by atoms with Crippen LogP contribution in [0, 0.1) is 5.41 Å². The van der Waals surface area contributed by atoms with E-state index in [2.05, 4.69) is 12.2 Å². The summed E-state index contributed by atoms with van der Waals surface area (Å²) in [6.45, 7) is 3.30. The molecule has 1 N–H and O–H groups in total. The average molecular weight is 225 g/mol. The summed E-state index contributed by atoms with van der Waals surface area (Å²) in [6, 6.07) is 0.416. The topological polar surface area (TPSA) is 38.3 Å². The van der Waals surface area contributed by atoms with E-state index in [1.807, 2.05) is 0 Å². The first-order valence-electron chi connectivity index (χ1n) is 6.65. The lowest BCUT2D eigenvalue weighted by Crippen LogP contribution is -2.55. The molecule has 2 rings (SSSR count). The van der Waals surface area contributed by atoms with Gasteiger partial charge in [-0.25, -0.2) is 0 Å². The molecule has 1 saturated heterocycles. The van der Waals surface area contributed by atoms with Crippen molar-refractivity contribution in [3.8, 4) is 0 Å². The second-order valence-corrected chi connectivity index (χ2v) is 5.29. The molecule has 3 nitrogen and oxygen atoms in total. The Morgan fingerprint density at radius 2 is 1.88 bits per heavy atom. The molecule has 16 heavy (non-hydrogen) atoms. The maximum atomic E-state index is 12.2. The van der Waals surface area contributed by atoms with Crippen molar-refractivity contribution in [3.63, 3.8) is 0 Å². The number of hydrogen-bond acceptors (Lipinski definition) is 2. The molecule has 0 bridgehead atoms. The molecule has 3 heteroatoms. The lowest BCUT2D eigenvalue weighted by atomic mass is 9.82. The molecule has 0 aromatic rings. The fourth-order valence-electron chi connectivity index (χ4n) is 2.61. The van der Waals surface area contributed by atoms with Gasteiger partial charge in [-0.2, -0.15) is 0 Å². The summed E-state index contributed by atoms with van der Waals surface area (Å²) < 4.78 is 5.20. The molecule has 0 spiro atoms. The Morgan fingerprint density at radius 1 is 1.25 bits per heavy atom. The first-order chi connectivity index (χ1) is 7.77. The second-order valence-electron chi connectivity index (χ2n) is 5.29. The van der Waals surface area contributed by atoms with E-state index >= 15 is 0 Å². The van der Waals surface area contributed by atoms with E-state index in [1.165, 1.54) is 25.7 Å². The van der Waals surface area contributed by atoms with Crippen molar-refractivity contribution in [3.05, 3.63) is 0 Å². The Hall–Kier alpha value is -0.570. The van der Waals surface area contributed by atoms with E-state index in [4.69, 9.17) is 4.74 Å². The molecule has 0 radical (unpaired) electrons. The molecule has 1 aliphatic carbocycles. The molecule has 92 valence electrons. The third kappa shape index (κ3) is 2.40. The van der Waals surface area contributed by atoms with Crippen LogP contribution in [0.1, 0.15) is 51.9 Å². The van der Waals surface area contributed by atoms with E-state index in [1.54, 1.807) is 0 Å². The van der Waals surface area contributed by atoms with Crippen molar-refractivity contribution in [2.75, 3.05) is 13.2 Å². The standard InChI is InChI=1S/C13H23NO2/c1-2-13(9-16-10-13)12(15)14-11-7-5-3-4-6-8-11/h11H,2-10H2,1H3,(H,14,15). The normalized spacial score (nSPS) is 25.6. The molecule has 0 aromatic carbocycles. The fraction of sp³-hybridized carbons (Fsp3) is 0.923.